The van der Waals surface area contributed by atoms with Crippen molar-refractivity contribution in [3.05, 3.63) is 29.8 Å². The molecule has 1 heterocycles. The van der Waals surface area contributed by atoms with Gasteiger partial charge in [0.15, 0.2) is 0 Å². The molecule has 1 fully saturated rings. The maximum Gasteiger partial charge on any atom is 0.122 e. The van der Waals surface area contributed by atoms with Crippen molar-refractivity contribution in [2.45, 2.75) is 31.7 Å². The molecular weight excluding hydrogens is 236 g/mol. The van der Waals surface area contributed by atoms with Crippen molar-refractivity contribution < 1.29 is 4.74 Å². The Labute approximate surface area is 116 Å². The van der Waals surface area contributed by atoms with Gasteiger partial charge in [0, 0.05) is 12.6 Å². The standard InChI is InChI=1S/C16H26N2O/c1-18(13-10-15-7-5-11-17-15)12-9-14-6-3-4-8-16(14)19-2/h3-4,6,8,15,17H,5,7,9-13H2,1-2H3. The number of hydrogen-bond donors (Lipinski definition) is 1. The van der Waals surface area contributed by atoms with Crippen LogP contribution >= 0.6 is 0 Å². The van der Waals surface area contributed by atoms with E-state index < -0.39 is 0 Å². The molecule has 0 spiro atoms. The maximum absolute atomic E-state index is 5.39. The number of hydrogen-bond acceptors (Lipinski definition) is 3. The van der Waals surface area contributed by atoms with Crippen LogP contribution in [0.2, 0.25) is 0 Å². The molecule has 106 valence electrons. The second kappa shape index (κ2) is 7.51. The lowest BCUT2D eigenvalue weighted by molar-refractivity contribution is 0.314. The molecule has 3 heteroatoms. The largest absolute Gasteiger partial charge is 0.496 e. The Morgan fingerprint density at radius 3 is 2.89 bits per heavy atom. The SMILES string of the molecule is COc1ccccc1CCN(C)CCC1CCCN1. The van der Waals surface area contributed by atoms with Crippen molar-refractivity contribution in [3.63, 3.8) is 0 Å². The number of nitrogens with one attached hydrogen (secondary N) is 1. The van der Waals surface area contributed by atoms with Gasteiger partial charge >= 0.3 is 0 Å². The third-order valence-corrected chi connectivity index (χ3v) is 3.98. The van der Waals surface area contributed by atoms with Crippen LogP contribution in [0.25, 0.3) is 0 Å². The van der Waals surface area contributed by atoms with Crippen molar-refractivity contribution in [1.82, 2.24) is 10.2 Å². The van der Waals surface area contributed by atoms with Crippen LogP contribution < -0.4 is 10.1 Å². The Hall–Kier alpha value is -1.06. The van der Waals surface area contributed by atoms with Gasteiger partial charge in [-0.3, -0.25) is 0 Å². The molecule has 1 saturated heterocycles. The fraction of sp³-hybridized carbons (Fsp3) is 0.625. The van der Waals surface area contributed by atoms with E-state index in [1.54, 1.807) is 7.11 Å². The van der Waals surface area contributed by atoms with Crippen LogP contribution in [0.1, 0.15) is 24.8 Å². The zero-order valence-corrected chi connectivity index (χ0v) is 12.2. The van der Waals surface area contributed by atoms with E-state index in [0.717, 1.165) is 24.8 Å². The van der Waals surface area contributed by atoms with E-state index in [1.807, 2.05) is 12.1 Å². The van der Waals surface area contributed by atoms with E-state index in [2.05, 4.69) is 29.4 Å². The van der Waals surface area contributed by atoms with Crippen LogP contribution in [0.4, 0.5) is 0 Å². The van der Waals surface area contributed by atoms with Gasteiger partial charge in [-0.25, -0.2) is 0 Å². The lowest BCUT2D eigenvalue weighted by Gasteiger charge is -2.19. The lowest BCUT2D eigenvalue weighted by atomic mass is 10.1. The number of para-hydroxylation sites is 1. The molecule has 1 aliphatic rings. The molecule has 1 aromatic carbocycles. The summed E-state index contributed by atoms with van der Waals surface area (Å²) in [6, 6.07) is 9.05. The van der Waals surface area contributed by atoms with Gasteiger partial charge in [-0.1, -0.05) is 18.2 Å². The fourth-order valence-corrected chi connectivity index (χ4v) is 2.71. The van der Waals surface area contributed by atoms with Crippen molar-refractivity contribution >= 4 is 0 Å². The Morgan fingerprint density at radius 2 is 2.16 bits per heavy atom. The molecule has 19 heavy (non-hydrogen) atoms. The second-order valence-corrected chi connectivity index (χ2v) is 5.45. The monoisotopic (exact) mass is 262 g/mol. The minimum absolute atomic E-state index is 0.744. The van der Waals surface area contributed by atoms with Crippen LogP contribution in [0.15, 0.2) is 24.3 Å². The average Bonchev–Trinajstić information content (AvgIpc) is 2.96. The Bertz CT molecular complexity index is 375. The minimum atomic E-state index is 0.744. The van der Waals surface area contributed by atoms with Crippen molar-refractivity contribution in [2.24, 2.45) is 0 Å². The highest BCUT2D eigenvalue weighted by Crippen LogP contribution is 2.18. The molecule has 0 bridgehead atoms. The van der Waals surface area contributed by atoms with E-state index >= 15 is 0 Å². The van der Waals surface area contributed by atoms with Gasteiger partial charge < -0.3 is 15.0 Å². The summed E-state index contributed by atoms with van der Waals surface area (Å²) in [4.78, 5) is 2.42. The number of rotatable bonds is 7. The normalized spacial score (nSPS) is 19.0. The number of likely N-dealkylation sites (N-methyl/N-ethyl adjacent to an activating group) is 1. The topological polar surface area (TPSA) is 24.5 Å². The fourth-order valence-electron chi connectivity index (χ4n) is 2.71. The van der Waals surface area contributed by atoms with Gasteiger partial charge in [0.05, 0.1) is 7.11 Å². The lowest BCUT2D eigenvalue weighted by Crippen LogP contribution is -2.29. The first-order chi connectivity index (χ1) is 9.29. The molecule has 0 aliphatic carbocycles. The molecule has 1 N–H and O–H groups in total. The predicted octanol–water partition coefficient (Wildman–Crippen LogP) is 2.31. The highest BCUT2D eigenvalue weighted by atomic mass is 16.5. The van der Waals surface area contributed by atoms with Gasteiger partial charge in [-0.15, -0.1) is 0 Å². The summed E-state index contributed by atoms with van der Waals surface area (Å²) in [6.45, 7) is 3.47. The number of nitrogens with zero attached hydrogens (tertiary/aromatic N) is 1. The molecule has 0 amide bonds. The molecule has 3 nitrogen and oxygen atoms in total. The van der Waals surface area contributed by atoms with Crippen LogP contribution in [-0.2, 0) is 6.42 Å². The second-order valence-electron chi connectivity index (χ2n) is 5.45. The van der Waals surface area contributed by atoms with Crippen LogP contribution in [0.3, 0.4) is 0 Å². The first-order valence-electron chi connectivity index (χ1n) is 7.33. The maximum atomic E-state index is 5.39. The van der Waals surface area contributed by atoms with Crippen LogP contribution in [-0.4, -0.2) is 44.7 Å². The van der Waals surface area contributed by atoms with Gasteiger partial charge in [0.1, 0.15) is 5.75 Å². The highest BCUT2D eigenvalue weighted by molar-refractivity contribution is 5.33. The number of methoxy groups -OCH3 is 1. The average molecular weight is 262 g/mol. The molecule has 0 radical (unpaired) electrons. The zero-order valence-electron chi connectivity index (χ0n) is 12.2. The third kappa shape index (κ3) is 4.51. The van der Waals surface area contributed by atoms with E-state index in [1.165, 1.54) is 37.9 Å². The zero-order chi connectivity index (χ0) is 13.5. The third-order valence-electron chi connectivity index (χ3n) is 3.98. The van der Waals surface area contributed by atoms with E-state index in [-0.39, 0.29) is 0 Å². The molecule has 1 atom stereocenters. The van der Waals surface area contributed by atoms with E-state index in [0.29, 0.717) is 0 Å². The van der Waals surface area contributed by atoms with Crippen molar-refractivity contribution in [1.29, 1.82) is 0 Å². The Balaban J connectivity index is 1.71. The van der Waals surface area contributed by atoms with Crippen LogP contribution in [0.5, 0.6) is 5.75 Å². The first-order valence-corrected chi connectivity index (χ1v) is 7.33. The van der Waals surface area contributed by atoms with Gasteiger partial charge in [-0.2, -0.15) is 0 Å². The van der Waals surface area contributed by atoms with E-state index in [9.17, 15) is 0 Å². The summed E-state index contributed by atoms with van der Waals surface area (Å²) < 4.78 is 5.39. The number of benzene rings is 1. The van der Waals surface area contributed by atoms with Crippen molar-refractivity contribution in [3.8, 4) is 5.75 Å². The molecule has 0 aromatic heterocycles. The highest BCUT2D eigenvalue weighted by Gasteiger charge is 2.14. The summed E-state index contributed by atoms with van der Waals surface area (Å²) in [5, 5.41) is 3.56. The molecule has 1 unspecified atom stereocenters. The quantitative estimate of drug-likeness (QED) is 0.816. The summed E-state index contributed by atoms with van der Waals surface area (Å²) in [7, 11) is 3.96. The number of ether oxygens (including phenoxy) is 1. The van der Waals surface area contributed by atoms with E-state index in [4.69, 9.17) is 4.74 Å². The van der Waals surface area contributed by atoms with Gasteiger partial charge in [-0.05, 0) is 57.5 Å². The Kier molecular flexibility index (Phi) is 5.67. The molecule has 1 aromatic rings. The summed E-state index contributed by atoms with van der Waals surface area (Å²) in [5.41, 5.74) is 1.30. The summed E-state index contributed by atoms with van der Waals surface area (Å²) in [5.74, 6) is 1.01. The minimum Gasteiger partial charge on any atom is -0.496 e. The van der Waals surface area contributed by atoms with Gasteiger partial charge in [0.2, 0.25) is 0 Å². The predicted molar refractivity (Wildman–Crippen MR) is 79.8 cm³/mol. The molecule has 2 rings (SSSR count). The summed E-state index contributed by atoms with van der Waals surface area (Å²) >= 11 is 0. The smallest absolute Gasteiger partial charge is 0.122 e. The van der Waals surface area contributed by atoms with Crippen LogP contribution in [0, 0.1) is 0 Å². The Morgan fingerprint density at radius 1 is 1.32 bits per heavy atom. The molecule has 1 aliphatic heterocycles. The first kappa shape index (κ1) is 14.4. The summed E-state index contributed by atoms with van der Waals surface area (Å²) in [6.07, 6.45) is 5.01. The van der Waals surface area contributed by atoms with Crippen molar-refractivity contribution in [2.75, 3.05) is 33.8 Å². The molecule has 0 saturated carbocycles. The van der Waals surface area contributed by atoms with Gasteiger partial charge in [0.25, 0.3) is 0 Å². The molecular formula is C16H26N2O.